The summed E-state index contributed by atoms with van der Waals surface area (Å²) in [5, 5.41) is 9.41. The molecule has 3 N–H and O–H groups in total. The first-order chi connectivity index (χ1) is 19.0. The van der Waals surface area contributed by atoms with Crippen LogP contribution in [0.1, 0.15) is 116 Å². The number of fused-ring (bicyclic) bond motifs is 1. The molecule has 39 heavy (non-hydrogen) atoms. The highest BCUT2D eigenvalue weighted by Crippen LogP contribution is 2.33. The van der Waals surface area contributed by atoms with Crippen LogP contribution in [0.3, 0.4) is 0 Å². The minimum absolute atomic E-state index is 0.0531. The van der Waals surface area contributed by atoms with E-state index in [4.69, 9.17) is 4.89 Å². The molecule has 3 atom stereocenters. The van der Waals surface area contributed by atoms with E-state index in [9.17, 15) is 19.2 Å². The Balaban J connectivity index is 1.31. The normalized spacial score (nSPS) is 19.9. The number of nitrogens with one attached hydrogen (secondary N) is 3. The lowest BCUT2D eigenvalue weighted by Gasteiger charge is -2.16. The molecule has 2 aliphatic heterocycles. The highest BCUT2D eigenvalue weighted by Gasteiger charge is 2.42. The van der Waals surface area contributed by atoms with Gasteiger partial charge in [-0.3, -0.25) is 14.4 Å². The van der Waals surface area contributed by atoms with E-state index in [0.29, 0.717) is 62.1 Å². The fraction of sp³-hybridized carbons (Fsp3) is 0.862. The Kier molecular flexibility index (Phi) is 18.2. The van der Waals surface area contributed by atoms with E-state index in [0.717, 1.165) is 89.2 Å². The molecule has 224 valence electrons. The van der Waals surface area contributed by atoms with Crippen molar-refractivity contribution in [1.29, 1.82) is 0 Å². The number of unbranched alkanes of at least 4 members (excludes halogenated alkanes) is 8. The average molecular weight is 570 g/mol. The zero-order valence-corrected chi connectivity index (χ0v) is 24.8. The number of hydrogen-bond acceptors (Lipinski definition) is 7. The lowest BCUT2D eigenvalue weighted by molar-refractivity contribution is -0.272. The third-order valence-corrected chi connectivity index (χ3v) is 9.01. The quantitative estimate of drug-likeness (QED) is 0.0612. The lowest BCUT2D eigenvalue weighted by Crippen LogP contribution is -2.36. The van der Waals surface area contributed by atoms with Gasteiger partial charge in [-0.15, -0.1) is 0 Å². The van der Waals surface area contributed by atoms with Gasteiger partial charge in [0.15, 0.2) is 0 Å². The highest BCUT2D eigenvalue weighted by atomic mass is 32.2. The Bertz CT molecular complexity index is 738. The largest absolute Gasteiger partial charge is 0.356 e. The number of urea groups is 1. The Morgan fingerprint density at radius 3 is 2.05 bits per heavy atom. The van der Waals surface area contributed by atoms with Crippen molar-refractivity contribution in [2.75, 3.05) is 26.0 Å². The van der Waals surface area contributed by atoms with Crippen LogP contribution in [0.5, 0.6) is 0 Å². The molecule has 3 amide bonds. The second kappa shape index (κ2) is 21.1. The minimum atomic E-state index is -0.0531. The van der Waals surface area contributed by atoms with Crippen molar-refractivity contribution in [2.45, 2.75) is 133 Å². The van der Waals surface area contributed by atoms with Gasteiger partial charge in [-0.1, -0.05) is 32.1 Å². The predicted molar refractivity (Wildman–Crippen MR) is 155 cm³/mol. The Morgan fingerprint density at radius 2 is 1.38 bits per heavy atom. The van der Waals surface area contributed by atoms with Crippen LogP contribution in [0.15, 0.2) is 0 Å². The van der Waals surface area contributed by atoms with Gasteiger partial charge in [0.25, 0.3) is 0 Å². The van der Waals surface area contributed by atoms with Gasteiger partial charge in [0.1, 0.15) is 11.6 Å². The molecular formula is C29H51N3O6S. The first-order valence-electron chi connectivity index (χ1n) is 15.1. The van der Waals surface area contributed by atoms with Gasteiger partial charge in [0.05, 0.1) is 25.8 Å². The summed E-state index contributed by atoms with van der Waals surface area (Å²) in [7, 11) is 1.51. The molecule has 0 aromatic heterocycles. The maximum absolute atomic E-state index is 12.1. The van der Waals surface area contributed by atoms with E-state index in [1.54, 1.807) is 0 Å². The first kappa shape index (κ1) is 33.6. The van der Waals surface area contributed by atoms with Crippen LogP contribution in [0.4, 0.5) is 4.79 Å². The van der Waals surface area contributed by atoms with Crippen LogP contribution >= 0.6 is 11.8 Å². The monoisotopic (exact) mass is 569 g/mol. The maximum atomic E-state index is 12.1. The summed E-state index contributed by atoms with van der Waals surface area (Å²) in [6, 6.07) is 0.437. The van der Waals surface area contributed by atoms with Crippen LogP contribution in [-0.2, 0) is 24.2 Å². The molecule has 2 aliphatic rings. The zero-order chi connectivity index (χ0) is 28.1. The van der Waals surface area contributed by atoms with Gasteiger partial charge in [-0.25, -0.2) is 14.6 Å². The molecule has 0 saturated carbocycles. The van der Waals surface area contributed by atoms with Crippen LogP contribution in [0, 0.1) is 0 Å². The number of amides is 3. The SMILES string of the molecule is COOCCCCCCC(=O)CCCCCC(=O)CCCCCNC(=O)CCCCC1SCC2NC(=O)NC21. The highest BCUT2D eigenvalue weighted by molar-refractivity contribution is 8.00. The molecule has 2 rings (SSSR count). The fourth-order valence-electron chi connectivity index (χ4n) is 5.21. The Morgan fingerprint density at radius 1 is 0.795 bits per heavy atom. The van der Waals surface area contributed by atoms with Gasteiger partial charge in [0.2, 0.25) is 5.91 Å². The van der Waals surface area contributed by atoms with Crippen molar-refractivity contribution in [3.8, 4) is 0 Å². The summed E-state index contributed by atoms with van der Waals surface area (Å²) >= 11 is 1.91. The molecule has 2 heterocycles. The van der Waals surface area contributed by atoms with E-state index in [-0.39, 0.29) is 24.0 Å². The fourth-order valence-corrected chi connectivity index (χ4v) is 6.75. The van der Waals surface area contributed by atoms with Crippen LogP contribution in [0.2, 0.25) is 0 Å². The summed E-state index contributed by atoms with van der Waals surface area (Å²) in [6.07, 6.45) is 15.3. The number of carbonyl (C=O) groups is 4. The van der Waals surface area contributed by atoms with E-state index >= 15 is 0 Å². The van der Waals surface area contributed by atoms with E-state index in [1.807, 2.05) is 11.8 Å². The molecular weight excluding hydrogens is 518 g/mol. The lowest BCUT2D eigenvalue weighted by atomic mass is 10.0. The third kappa shape index (κ3) is 15.7. The topological polar surface area (TPSA) is 123 Å². The van der Waals surface area contributed by atoms with Crippen molar-refractivity contribution >= 4 is 35.3 Å². The number of thioether (sulfide) groups is 1. The van der Waals surface area contributed by atoms with Crippen molar-refractivity contribution in [3.05, 3.63) is 0 Å². The number of hydrogen-bond donors (Lipinski definition) is 3. The first-order valence-corrected chi connectivity index (χ1v) is 16.2. The van der Waals surface area contributed by atoms with Gasteiger partial charge in [-0.05, 0) is 51.4 Å². The molecule has 0 spiro atoms. The van der Waals surface area contributed by atoms with Crippen LogP contribution < -0.4 is 16.0 Å². The molecule has 0 aromatic rings. The Labute approximate surface area is 239 Å². The smallest absolute Gasteiger partial charge is 0.315 e. The van der Waals surface area contributed by atoms with Gasteiger partial charge >= 0.3 is 6.03 Å². The zero-order valence-electron chi connectivity index (χ0n) is 23.9. The van der Waals surface area contributed by atoms with Crippen molar-refractivity contribution in [2.24, 2.45) is 0 Å². The molecule has 10 heteroatoms. The maximum Gasteiger partial charge on any atom is 0.315 e. The minimum Gasteiger partial charge on any atom is -0.356 e. The second-order valence-electron chi connectivity index (χ2n) is 10.8. The van der Waals surface area contributed by atoms with Crippen molar-refractivity contribution in [1.82, 2.24) is 16.0 Å². The van der Waals surface area contributed by atoms with Crippen LogP contribution in [-0.4, -0.2) is 66.9 Å². The second-order valence-corrected chi connectivity index (χ2v) is 12.1. The van der Waals surface area contributed by atoms with E-state index < -0.39 is 0 Å². The van der Waals surface area contributed by atoms with Gasteiger partial charge in [-0.2, -0.15) is 11.8 Å². The molecule has 2 fully saturated rings. The van der Waals surface area contributed by atoms with Gasteiger partial charge in [0, 0.05) is 49.7 Å². The summed E-state index contributed by atoms with van der Waals surface area (Å²) in [5.74, 6) is 1.71. The molecule has 0 bridgehead atoms. The number of ketones is 2. The number of rotatable bonds is 25. The van der Waals surface area contributed by atoms with Gasteiger partial charge < -0.3 is 16.0 Å². The van der Waals surface area contributed by atoms with Crippen molar-refractivity contribution in [3.63, 3.8) is 0 Å². The average Bonchev–Trinajstić information content (AvgIpc) is 3.47. The molecule has 9 nitrogen and oxygen atoms in total. The molecule has 0 radical (unpaired) electrons. The number of Topliss-reactive ketones (excluding diaryl/α,β-unsaturated/α-hetero) is 2. The predicted octanol–water partition coefficient (Wildman–Crippen LogP) is 5.01. The molecule has 0 aromatic carbocycles. The molecule has 3 unspecified atom stereocenters. The Hall–Kier alpha value is -1.65. The summed E-state index contributed by atoms with van der Waals surface area (Å²) in [5.41, 5.74) is 0. The molecule has 2 saturated heterocycles. The summed E-state index contributed by atoms with van der Waals surface area (Å²) in [6.45, 7) is 1.27. The van der Waals surface area contributed by atoms with Crippen molar-refractivity contribution < 1.29 is 29.0 Å². The summed E-state index contributed by atoms with van der Waals surface area (Å²) in [4.78, 5) is 56.9. The standard InChI is InChI=1S/C29H51N3O6S/c1-37-38-21-13-3-2-6-14-23(33)15-7-4-8-16-24(34)17-9-5-12-20-30-27(35)19-11-10-18-26-28-25(22-39-26)31-29(36)32-28/h25-26,28H,2-22H2,1H3,(H,30,35)(H2,31,32,36). The van der Waals surface area contributed by atoms with E-state index in [1.165, 1.54) is 7.11 Å². The number of carbonyl (C=O) groups excluding carboxylic acids is 4. The molecule has 0 aliphatic carbocycles. The summed E-state index contributed by atoms with van der Waals surface area (Å²) < 4.78 is 0. The third-order valence-electron chi connectivity index (χ3n) is 7.50. The van der Waals surface area contributed by atoms with Crippen LogP contribution in [0.25, 0.3) is 0 Å². The van der Waals surface area contributed by atoms with E-state index in [2.05, 4.69) is 20.8 Å².